The van der Waals surface area contributed by atoms with Crippen molar-refractivity contribution in [2.24, 2.45) is 5.73 Å². The number of nitro groups is 1. The Morgan fingerprint density at radius 1 is 1.60 bits per heavy atom. The third-order valence-electron chi connectivity index (χ3n) is 1.97. The lowest BCUT2D eigenvalue weighted by atomic mass is 10.1. The molecule has 1 unspecified atom stereocenters. The topological polar surface area (TPSA) is 89.4 Å². The van der Waals surface area contributed by atoms with Gasteiger partial charge in [-0.05, 0) is 25.1 Å². The first-order valence-corrected chi connectivity index (χ1v) is 4.37. The van der Waals surface area contributed by atoms with Gasteiger partial charge in [0.15, 0.2) is 0 Å². The number of hydrogen-bond acceptors (Lipinski definition) is 4. The molecular weight excluding hydrogens is 203 g/mol. The van der Waals surface area contributed by atoms with Crippen molar-refractivity contribution in [3.8, 4) is 5.75 Å². The fourth-order valence-electron chi connectivity index (χ4n) is 1.26. The smallest absolute Gasteiger partial charge is 0.275 e. The maximum absolute atomic E-state index is 13.4. The molecule has 3 N–H and O–H groups in total. The van der Waals surface area contributed by atoms with Crippen LogP contribution in [-0.2, 0) is 0 Å². The molecule has 1 aromatic rings. The van der Waals surface area contributed by atoms with Crippen molar-refractivity contribution in [1.82, 2.24) is 0 Å². The summed E-state index contributed by atoms with van der Waals surface area (Å²) in [6.07, 6.45) is -1.54. The molecule has 0 fully saturated rings. The van der Waals surface area contributed by atoms with Crippen LogP contribution in [0.2, 0.25) is 0 Å². The zero-order valence-electron chi connectivity index (χ0n) is 7.89. The molecule has 1 rings (SSSR count). The van der Waals surface area contributed by atoms with Crippen molar-refractivity contribution in [2.75, 3.05) is 6.54 Å². The van der Waals surface area contributed by atoms with E-state index in [2.05, 4.69) is 0 Å². The summed E-state index contributed by atoms with van der Waals surface area (Å²) in [7, 11) is 0. The highest BCUT2D eigenvalue weighted by Gasteiger charge is 2.21. The van der Waals surface area contributed by atoms with Gasteiger partial charge in [0.25, 0.3) is 5.69 Å². The lowest BCUT2D eigenvalue weighted by Gasteiger charge is -2.07. The zero-order valence-corrected chi connectivity index (χ0v) is 7.89. The van der Waals surface area contributed by atoms with E-state index in [-0.39, 0.29) is 30.0 Å². The molecule has 0 bridgehead atoms. The van der Waals surface area contributed by atoms with E-state index in [1.807, 2.05) is 0 Å². The molecular formula is C9H11FN2O3. The number of phenolic OH excluding ortho intramolecular Hbond substituents is 1. The predicted molar refractivity (Wildman–Crippen MR) is 52.3 cm³/mol. The Balaban J connectivity index is 3.12. The van der Waals surface area contributed by atoms with Crippen LogP contribution in [0.3, 0.4) is 0 Å². The standard InChI is InChI=1S/C9H11FN2O3/c10-8(3-4-11)7-5-6(13)1-2-9(7)12(14)15/h1-2,5,8,13H,3-4,11H2. The summed E-state index contributed by atoms with van der Waals surface area (Å²) in [5, 5.41) is 19.7. The van der Waals surface area contributed by atoms with Gasteiger partial charge in [0.2, 0.25) is 0 Å². The Hall–Kier alpha value is -1.69. The summed E-state index contributed by atoms with van der Waals surface area (Å²) in [6, 6.07) is 3.28. The van der Waals surface area contributed by atoms with E-state index >= 15 is 0 Å². The van der Waals surface area contributed by atoms with Gasteiger partial charge >= 0.3 is 0 Å². The van der Waals surface area contributed by atoms with Crippen molar-refractivity contribution in [3.63, 3.8) is 0 Å². The minimum atomic E-state index is -1.53. The second kappa shape index (κ2) is 4.70. The van der Waals surface area contributed by atoms with Crippen LogP contribution < -0.4 is 5.73 Å². The van der Waals surface area contributed by atoms with Gasteiger partial charge in [-0.1, -0.05) is 0 Å². The highest BCUT2D eigenvalue weighted by molar-refractivity contribution is 5.46. The Bertz CT molecular complexity index is 370. The van der Waals surface area contributed by atoms with Gasteiger partial charge in [0.05, 0.1) is 10.5 Å². The summed E-state index contributed by atoms with van der Waals surface area (Å²) in [4.78, 5) is 9.89. The van der Waals surface area contributed by atoms with E-state index in [4.69, 9.17) is 10.8 Å². The molecule has 0 amide bonds. The first-order valence-electron chi connectivity index (χ1n) is 4.37. The maximum atomic E-state index is 13.4. The largest absolute Gasteiger partial charge is 0.508 e. The highest BCUT2D eigenvalue weighted by atomic mass is 19.1. The van der Waals surface area contributed by atoms with Gasteiger partial charge in [-0.15, -0.1) is 0 Å². The van der Waals surface area contributed by atoms with Gasteiger partial charge in [-0.3, -0.25) is 10.1 Å². The number of hydrogen-bond donors (Lipinski definition) is 2. The maximum Gasteiger partial charge on any atom is 0.275 e. The molecule has 0 radical (unpaired) electrons. The van der Waals surface area contributed by atoms with Crippen LogP contribution in [-0.4, -0.2) is 16.6 Å². The summed E-state index contributed by atoms with van der Waals surface area (Å²) < 4.78 is 13.4. The van der Waals surface area contributed by atoms with Crippen molar-refractivity contribution in [1.29, 1.82) is 0 Å². The summed E-state index contributed by atoms with van der Waals surface area (Å²) in [6.45, 7) is 0.0912. The van der Waals surface area contributed by atoms with Gasteiger partial charge < -0.3 is 10.8 Å². The fraction of sp³-hybridized carbons (Fsp3) is 0.333. The van der Waals surface area contributed by atoms with Crippen LogP contribution in [0.15, 0.2) is 18.2 Å². The van der Waals surface area contributed by atoms with E-state index in [1.54, 1.807) is 0 Å². The molecule has 0 aliphatic carbocycles. The summed E-state index contributed by atoms with van der Waals surface area (Å²) >= 11 is 0. The number of nitro benzene ring substituents is 1. The number of rotatable bonds is 4. The highest BCUT2D eigenvalue weighted by Crippen LogP contribution is 2.32. The van der Waals surface area contributed by atoms with Gasteiger partial charge in [0.1, 0.15) is 11.9 Å². The lowest BCUT2D eigenvalue weighted by molar-refractivity contribution is -0.386. The number of nitrogens with zero attached hydrogens (tertiary/aromatic N) is 1. The normalized spacial score (nSPS) is 12.4. The minimum absolute atomic E-state index is 0.00963. The molecule has 0 aliphatic rings. The number of phenols is 1. The SMILES string of the molecule is NCCC(F)c1cc(O)ccc1[N+](=O)[O-]. The van der Waals surface area contributed by atoms with Crippen molar-refractivity contribution < 1.29 is 14.4 Å². The van der Waals surface area contributed by atoms with Crippen LogP contribution in [0.4, 0.5) is 10.1 Å². The summed E-state index contributed by atoms with van der Waals surface area (Å²) in [5.41, 5.74) is 4.69. The van der Waals surface area contributed by atoms with E-state index in [0.717, 1.165) is 18.2 Å². The van der Waals surface area contributed by atoms with E-state index in [0.29, 0.717) is 0 Å². The Morgan fingerprint density at radius 2 is 2.27 bits per heavy atom. The average molecular weight is 214 g/mol. The number of aromatic hydroxyl groups is 1. The first-order chi connectivity index (χ1) is 7.06. The van der Waals surface area contributed by atoms with Gasteiger partial charge in [-0.25, -0.2) is 4.39 Å². The first kappa shape index (κ1) is 11.4. The molecule has 82 valence electrons. The molecule has 0 spiro atoms. The second-order valence-corrected chi connectivity index (χ2v) is 3.05. The molecule has 0 heterocycles. The predicted octanol–water partition coefficient (Wildman–Crippen LogP) is 1.66. The van der Waals surface area contributed by atoms with E-state index < -0.39 is 11.1 Å². The van der Waals surface area contributed by atoms with Gasteiger partial charge in [-0.2, -0.15) is 0 Å². The zero-order chi connectivity index (χ0) is 11.4. The summed E-state index contributed by atoms with van der Waals surface area (Å²) in [5.74, 6) is -0.199. The molecule has 15 heavy (non-hydrogen) atoms. The lowest BCUT2D eigenvalue weighted by Crippen LogP contribution is -2.05. The Labute approximate surface area is 85.5 Å². The molecule has 1 atom stereocenters. The van der Waals surface area contributed by atoms with Crippen LogP contribution >= 0.6 is 0 Å². The van der Waals surface area contributed by atoms with Crippen molar-refractivity contribution in [2.45, 2.75) is 12.6 Å². The second-order valence-electron chi connectivity index (χ2n) is 3.05. The quantitative estimate of drug-likeness (QED) is 0.589. The molecule has 1 aromatic carbocycles. The fourth-order valence-corrected chi connectivity index (χ4v) is 1.26. The van der Waals surface area contributed by atoms with Crippen LogP contribution in [0, 0.1) is 10.1 Å². The molecule has 0 saturated carbocycles. The molecule has 6 heteroatoms. The average Bonchev–Trinajstić information content (AvgIpc) is 2.17. The van der Waals surface area contributed by atoms with Crippen LogP contribution in [0.25, 0.3) is 0 Å². The Morgan fingerprint density at radius 3 is 2.80 bits per heavy atom. The third-order valence-corrected chi connectivity index (χ3v) is 1.97. The van der Waals surface area contributed by atoms with E-state index in [9.17, 15) is 14.5 Å². The number of halogens is 1. The number of nitrogens with two attached hydrogens (primary N) is 1. The molecule has 5 nitrogen and oxygen atoms in total. The van der Waals surface area contributed by atoms with Crippen molar-refractivity contribution in [3.05, 3.63) is 33.9 Å². The third kappa shape index (κ3) is 2.63. The van der Waals surface area contributed by atoms with Gasteiger partial charge in [0, 0.05) is 6.07 Å². The Kier molecular flexibility index (Phi) is 3.56. The number of benzene rings is 1. The molecule has 0 saturated heterocycles. The minimum Gasteiger partial charge on any atom is -0.508 e. The van der Waals surface area contributed by atoms with Crippen molar-refractivity contribution >= 4 is 5.69 Å². The van der Waals surface area contributed by atoms with E-state index in [1.165, 1.54) is 0 Å². The molecule has 0 aromatic heterocycles. The molecule has 0 aliphatic heterocycles. The van der Waals surface area contributed by atoms with Crippen LogP contribution in [0.5, 0.6) is 5.75 Å². The number of alkyl halides is 1. The monoisotopic (exact) mass is 214 g/mol. The van der Waals surface area contributed by atoms with Crippen LogP contribution in [0.1, 0.15) is 18.2 Å².